The van der Waals surface area contributed by atoms with Gasteiger partial charge in [0.1, 0.15) is 11.2 Å². The van der Waals surface area contributed by atoms with Gasteiger partial charge in [-0.1, -0.05) is 29.8 Å². The molecule has 0 heterocycles. The van der Waals surface area contributed by atoms with Gasteiger partial charge in [-0.2, -0.15) is 0 Å². The first-order chi connectivity index (χ1) is 7.36. The Morgan fingerprint density at radius 3 is 2.31 bits per heavy atom. The molecule has 0 atom stereocenters. The summed E-state index contributed by atoms with van der Waals surface area (Å²) in [4.78, 5) is 10.8. The zero-order valence-electron chi connectivity index (χ0n) is 9.03. The number of nitrogens with two attached hydrogens (primary N) is 1. The second-order valence-electron chi connectivity index (χ2n) is 4.65. The molecule has 1 fully saturated rings. The van der Waals surface area contributed by atoms with E-state index in [4.69, 9.17) is 10.8 Å². The highest BCUT2D eigenvalue weighted by Gasteiger charge is 2.58. The van der Waals surface area contributed by atoms with Crippen LogP contribution in [0, 0.1) is 6.92 Å². The smallest absolute Gasteiger partial charge is 0.323 e. The van der Waals surface area contributed by atoms with Crippen LogP contribution in [0.1, 0.15) is 24.0 Å². The molecule has 1 saturated carbocycles. The molecule has 0 saturated heterocycles. The van der Waals surface area contributed by atoms with Gasteiger partial charge in [0.05, 0.1) is 0 Å². The van der Waals surface area contributed by atoms with Gasteiger partial charge < -0.3 is 10.8 Å². The molecule has 86 valence electrons. The van der Waals surface area contributed by atoms with Crippen molar-refractivity contribution in [3.8, 4) is 0 Å². The minimum atomic E-state index is -1.58. The molecular formula is C12H14FNO2. The van der Waals surface area contributed by atoms with Crippen LogP contribution in [0.15, 0.2) is 24.3 Å². The molecule has 1 aromatic rings. The number of aliphatic carboxylic acids is 1. The van der Waals surface area contributed by atoms with E-state index in [1.54, 1.807) is 12.1 Å². The molecular weight excluding hydrogens is 209 g/mol. The molecule has 0 unspecified atom stereocenters. The van der Waals surface area contributed by atoms with Gasteiger partial charge >= 0.3 is 5.97 Å². The number of hydrogen-bond donors (Lipinski definition) is 2. The van der Waals surface area contributed by atoms with Gasteiger partial charge in [0.2, 0.25) is 0 Å². The largest absolute Gasteiger partial charge is 0.480 e. The van der Waals surface area contributed by atoms with Crippen molar-refractivity contribution in [3.63, 3.8) is 0 Å². The third-order valence-electron chi connectivity index (χ3n) is 3.19. The Balaban J connectivity index is 2.19. The van der Waals surface area contributed by atoms with E-state index < -0.39 is 17.2 Å². The Bertz CT molecular complexity index is 421. The summed E-state index contributed by atoms with van der Waals surface area (Å²) in [6.45, 7) is 1.92. The first kappa shape index (κ1) is 11.1. The van der Waals surface area contributed by atoms with E-state index in [0.29, 0.717) is 5.56 Å². The average molecular weight is 223 g/mol. The highest BCUT2D eigenvalue weighted by Crippen LogP contribution is 2.50. The number of alkyl halides is 1. The van der Waals surface area contributed by atoms with Crippen LogP contribution in [0.3, 0.4) is 0 Å². The zero-order chi connectivity index (χ0) is 12.0. The molecule has 4 heteroatoms. The van der Waals surface area contributed by atoms with Crippen LogP contribution in [-0.4, -0.2) is 16.6 Å². The minimum absolute atomic E-state index is 0.154. The van der Waals surface area contributed by atoms with E-state index in [0.717, 1.165) is 5.56 Å². The predicted octanol–water partition coefficient (Wildman–Crippen LogP) is 1.74. The van der Waals surface area contributed by atoms with Gasteiger partial charge in [-0.15, -0.1) is 0 Å². The van der Waals surface area contributed by atoms with Crippen LogP contribution in [0.5, 0.6) is 0 Å². The summed E-state index contributed by atoms with van der Waals surface area (Å²) in [5.74, 6) is -1.13. The SMILES string of the molecule is Cc1ccc(C2(F)CC(N)(C(=O)O)C2)cc1. The van der Waals surface area contributed by atoms with E-state index >= 15 is 0 Å². The quantitative estimate of drug-likeness (QED) is 0.802. The Labute approximate surface area is 93.1 Å². The van der Waals surface area contributed by atoms with E-state index in [-0.39, 0.29) is 12.8 Å². The maximum Gasteiger partial charge on any atom is 0.323 e. The lowest BCUT2D eigenvalue weighted by atomic mass is 9.64. The van der Waals surface area contributed by atoms with E-state index in [2.05, 4.69) is 0 Å². The summed E-state index contributed by atoms with van der Waals surface area (Å²) in [5.41, 5.74) is 4.12. The molecule has 0 bridgehead atoms. The van der Waals surface area contributed by atoms with Gasteiger partial charge in [-0.25, -0.2) is 4.39 Å². The minimum Gasteiger partial charge on any atom is -0.480 e. The van der Waals surface area contributed by atoms with E-state index in [1.807, 2.05) is 19.1 Å². The van der Waals surface area contributed by atoms with Crippen LogP contribution in [0.2, 0.25) is 0 Å². The van der Waals surface area contributed by atoms with Crippen molar-refractivity contribution < 1.29 is 14.3 Å². The lowest BCUT2D eigenvalue weighted by Gasteiger charge is -2.46. The highest BCUT2D eigenvalue weighted by molar-refractivity contribution is 5.80. The number of rotatable bonds is 2. The van der Waals surface area contributed by atoms with Crippen molar-refractivity contribution in [3.05, 3.63) is 35.4 Å². The van der Waals surface area contributed by atoms with Crippen molar-refractivity contribution in [2.75, 3.05) is 0 Å². The van der Waals surface area contributed by atoms with E-state index in [1.165, 1.54) is 0 Å². The Morgan fingerprint density at radius 1 is 1.38 bits per heavy atom. The van der Waals surface area contributed by atoms with Crippen LogP contribution in [0.4, 0.5) is 4.39 Å². The Hall–Kier alpha value is -1.42. The van der Waals surface area contributed by atoms with Crippen LogP contribution in [0.25, 0.3) is 0 Å². The molecule has 0 aromatic heterocycles. The van der Waals surface area contributed by atoms with Crippen molar-refractivity contribution in [1.29, 1.82) is 0 Å². The molecule has 0 amide bonds. The maximum absolute atomic E-state index is 14.3. The number of carboxylic acids is 1. The van der Waals surface area contributed by atoms with Gasteiger partial charge in [-0.05, 0) is 12.5 Å². The van der Waals surface area contributed by atoms with Crippen LogP contribution >= 0.6 is 0 Å². The molecule has 0 spiro atoms. The number of carbonyl (C=O) groups is 1. The molecule has 1 aliphatic carbocycles. The topological polar surface area (TPSA) is 63.3 Å². The lowest BCUT2D eigenvalue weighted by Crippen LogP contribution is -2.63. The fourth-order valence-corrected chi connectivity index (χ4v) is 2.16. The summed E-state index contributed by atoms with van der Waals surface area (Å²) < 4.78 is 14.3. The summed E-state index contributed by atoms with van der Waals surface area (Å²) in [5, 5.41) is 8.82. The molecule has 1 aliphatic rings. The number of aryl methyl sites for hydroxylation is 1. The van der Waals surface area contributed by atoms with Gasteiger partial charge in [0, 0.05) is 12.8 Å². The average Bonchev–Trinajstić information content (AvgIpc) is 2.16. The Kier molecular flexibility index (Phi) is 2.27. The third-order valence-corrected chi connectivity index (χ3v) is 3.19. The molecule has 16 heavy (non-hydrogen) atoms. The summed E-state index contributed by atoms with van der Waals surface area (Å²) in [7, 11) is 0. The Morgan fingerprint density at radius 2 is 1.88 bits per heavy atom. The number of hydrogen-bond acceptors (Lipinski definition) is 2. The molecule has 3 N–H and O–H groups in total. The fraction of sp³-hybridized carbons (Fsp3) is 0.417. The van der Waals surface area contributed by atoms with Crippen molar-refractivity contribution in [2.45, 2.75) is 31.0 Å². The van der Waals surface area contributed by atoms with Crippen molar-refractivity contribution in [1.82, 2.24) is 0 Å². The third kappa shape index (κ3) is 1.59. The molecule has 1 aromatic carbocycles. The molecule has 3 nitrogen and oxygen atoms in total. The van der Waals surface area contributed by atoms with Gasteiger partial charge in [-0.3, -0.25) is 4.79 Å². The lowest BCUT2D eigenvalue weighted by molar-refractivity contribution is -0.155. The number of carboxylic acid groups (broad SMARTS) is 1. The van der Waals surface area contributed by atoms with Crippen molar-refractivity contribution >= 4 is 5.97 Å². The zero-order valence-corrected chi connectivity index (χ0v) is 9.03. The predicted molar refractivity (Wildman–Crippen MR) is 57.8 cm³/mol. The highest BCUT2D eigenvalue weighted by atomic mass is 19.1. The normalized spacial score (nSPS) is 33.2. The van der Waals surface area contributed by atoms with Gasteiger partial charge in [0.25, 0.3) is 0 Å². The van der Waals surface area contributed by atoms with Crippen LogP contribution in [-0.2, 0) is 10.5 Å². The second-order valence-corrected chi connectivity index (χ2v) is 4.65. The van der Waals surface area contributed by atoms with Crippen molar-refractivity contribution in [2.24, 2.45) is 5.73 Å². The molecule has 2 rings (SSSR count). The second kappa shape index (κ2) is 3.28. The summed E-state index contributed by atoms with van der Waals surface area (Å²) in [6, 6.07) is 7.01. The summed E-state index contributed by atoms with van der Waals surface area (Å²) in [6.07, 6.45) is -0.309. The maximum atomic E-state index is 14.3. The summed E-state index contributed by atoms with van der Waals surface area (Å²) >= 11 is 0. The fourth-order valence-electron chi connectivity index (χ4n) is 2.16. The number of halogens is 1. The first-order valence-electron chi connectivity index (χ1n) is 5.14. The van der Waals surface area contributed by atoms with E-state index in [9.17, 15) is 9.18 Å². The monoisotopic (exact) mass is 223 g/mol. The van der Waals surface area contributed by atoms with Gasteiger partial charge in [0.15, 0.2) is 0 Å². The number of benzene rings is 1. The standard InChI is InChI=1S/C12H14FNO2/c1-8-2-4-9(5-3-8)11(13)6-12(14,7-11)10(15)16/h2-5H,6-7,14H2,1H3,(H,15,16). The first-order valence-corrected chi connectivity index (χ1v) is 5.14. The molecule has 0 radical (unpaired) electrons. The molecule has 0 aliphatic heterocycles. The van der Waals surface area contributed by atoms with Crippen LogP contribution < -0.4 is 5.73 Å².